The zero-order chi connectivity index (χ0) is 18.9. The van der Waals surface area contributed by atoms with Crippen molar-refractivity contribution in [3.63, 3.8) is 0 Å². The van der Waals surface area contributed by atoms with Gasteiger partial charge in [0.15, 0.2) is 0 Å². The Morgan fingerprint density at radius 3 is 1.88 bits per heavy atom. The van der Waals surface area contributed by atoms with Crippen molar-refractivity contribution in [2.24, 2.45) is 0 Å². The number of carbonyl (C=O) groups excluding carboxylic acids is 3. The predicted molar refractivity (Wildman–Crippen MR) is 101 cm³/mol. The van der Waals surface area contributed by atoms with Crippen molar-refractivity contribution in [1.29, 1.82) is 0 Å². The van der Waals surface area contributed by atoms with Gasteiger partial charge in [0.05, 0.1) is 6.54 Å². The number of hydrogen-bond acceptors (Lipinski definition) is 4. The van der Waals surface area contributed by atoms with Gasteiger partial charge in [-0.3, -0.25) is 14.4 Å². The maximum atomic E-state index is 12.0. The van der Waals surface area contributed by atoms with Crippen LogP contribution < -0.4 is 21.3 Å². The Balaban J connectivity index is 1.84. The first-order chi connectivity index (χ1) is 12.5. The third kappa shape index (κ3) is 5.34. The second-order valence-electron chi connectivity index (χ2n) is 5.50. The lowest BCUT2D eigenvalue weighted by Gasteiger charge is -2.09. The fourth-order valence-corrected chi connectivity index (χ4v) is 2.24. The molecule has 26 heavy (non-hydrogen) atoms. The smallest absolute Gasteiger partial charge is 0.251 e. The zero-order valence-electron chi connectivity index (χ0n) is 14.8. The summed E-state index contributed by atoms with van der Waals surface area (Å²) in [4.78, 5) is 35.2. The van der Waals surface area contributed by atoms with E-state index in [9.17, 15) is 14.4 Å². The van der Waals surface area contributed by atoms with Gasteiger partial charge in [-0.1, -0.05) is 0 Å². The fourth-order valence-electron chi connectivity index (χ4n) is 2.24. The standard InChI is InChI=1S/C19H22N4O3/c1-3-21-19(26)14-4-8-15(9-5-14)22-12-17(24)23-16-10-6-13(7-11-16)18(25)20-2/h4-11,22H,3,12H2,1-2H3,(H,20,25)(H,21,26)(H,23,24). The summed E-state index contributed by atoms with van der Waals surface area (Å²) in [6.45, 7) is 2.51. The van der Waals surface area contributed by atoms with Crippen LogP contribution in [-0.4, -0.2) is 37.9 Å². The number of carbonyl (C=O) groups is 3. The van der Waals surface area contributed by atoms with Gasteiger partial charge in [0, 0.05) is 36.1 Å². The van der Waals surface area contributed by atoms with Crippen LogP contribution in [0.2, 0.25) is 0 Å². The minimum Gasteiger partial charge on any atom is -0.376 e. The Labute approximate surface area is 152 Å². The normalized spacial score (nSPS) is 9.92. The van der Waals surface area contributed by atoms with Gasteiger partial charge in [0.25, 0.3) is 11.8 Å². The first-order valence-corrected chi connectivity index (χ1v) is 8.27. The minimum atomic E-state index is -0.217. The number of benzene rings is 2. The van der Waals surface area contributed by atoms with Crippen LogP contribution in [0.15, 0.2) is 48.5 Å². The highest BCUT2D eigenvalue weighted by atomic mass is 16.2. The molecule has 0 aliphatic rings. The highest BCUT2D eigenvalue weighted by Gasteiger charge is 2.06. The lowest BCUT2D eigenvalue weighted by atomic mass is 10.2. The van der Waals surface area contributed by atoms with Gasteiger partial charge in [0.2, 0.25) is 5.91 Å². The molecule has 0 spiro atoms. The van der Waals surface area contributed by atoms with Crippen LogP contribution >= 0.6 is 0 Å². The molecule has 0 atom stereocenters. The molecule has 0 bridgehead atoms. The summed E-state index contributed by atoms with van der Waals surface area (Å²) < 4.78 is 0. The van der Waals surface area contributed by atoms with Crippen molar-refractivity contribution in [1.82, 2.24) is 10.6 Å². The van der Waals surface area contributed by atoms with Crippen molar-refractivity contribution < 1.29 is 14.4 Å². The maximum absolute atomic E-state index is 12.0. The van der Waals surface area contributed by atoms with Gasteiger partial charge in [0.1, 0.15) is 0 Å². The van der Waals surface area contributed by atoms with Gasteiger partial charge in [-0.2, -0.15) is 0 Å². The third-order valence-corrected chi connectivity index (χ3v) is 3.60. The van der Waals surface area contributed by atoms with E-state index in [1.165, 1.54) is 0 Å². The molecule has 2 rings (SSSR count). The number of nitrogens with one attached hydrogen (secondary N) is 4. The molecular formula is C19H22N4O3. The lowest BCUT2D eigenvalue weighted by Crippen LogP contribution is -2.23. The summed E-state index contributed by atoms with van der Waals surface area (Å²) in [5.41, 5.74) is 2.44. The van der Waals surface area contributed by atoms with Gasteiger partial charge in [-0.25, -0.2) is 0 Å². The van der Waals surface area contributed by atoms with Crippen LogP contribution in [0, 0.1) is 0 Å². The average Bonchev–Trinajstić information content (AvgIpc) is 2.67. The van der Waals surface area contributed by atoms with E-state index in [1.807, 2.05) is 6.92 Å². The van der Waals surface area contributed by atoms with Gasteiger partial charge >= 0.3 is 0 Å². The van der Waals surface area contributed by atoms with E-state index in [4.69, 9.17) is 0 Å². The van der Waals surface area contributed by atoms with E-state index in [1.54, 1.807) is 55.6 Å². The molecule has 2 aromatic carbocycles. The van der Waals surface area contributed by atoms with Crippen molar-refractivity contribution in [3.8, 4) is 0 Å². The molecule has 0 aliphatic heterocycles. The van der Waals surface area contributed by atoms with Gasteiger partial charge in [-0.15, -0.1) is 0 Å². The zero-order valence-corrected chi connectivity index (χ0v) is 14.8. The molecule has 0 aromatic heterocycles. The molecule has 7 nitrogen and oxygen atoms in total. The maximum Gasteiger partial charge on any atom is 0.251 e. The van der Waals surface area contributed by atoms with Crippen LogP contribution in [0.5, 0.6) is 0 Å². The van der Waals surface area contributed by atoms with Crippen LogP contribution in [0.25, 0.3) is 0 Å². The molecule has 0 heterocycles. The van der Waals surface area contributed by atoms with Crippen LogP contribution in [0.1, 0.15) is 27.6 Å². The van der Waals surface area contributed by atoms with E-state index in [0.29, 0.717) is 23.4 Å². The average molecular weight is 354 g/mol. The molecule has 3 amide bonds. The van der Waals surface area contributed by atoms with Crippen LogP contribution in [0.4, 0.5) is 11.4 Å². The van der Waals surface area contributed by atoms with E-state index in [2.05, 4.69) is 21.3 Å². The summed E-state index contributed by atoms with van der Waals surface area (Å²) >= 11 is 0. The van der Waals surface area contributed by atoms with Gasteiger partial charge in [-0.05, 0) is 55.5 Å². The Morgan fingerprint density at radius 2 is 1.35 bits per heavy atom. The van der Waals surface area contributed by atoms with Crippen molar-refractivity contribution in [3.05, 3.63) is 59.7 Å². The van der Waals surface area contributed by atoms with Crippen molar-refractivity contribution >= 4 is 29.1 Å². The van der Waals surface area contributed by atoms with Crippen molar-refractivity contribution in [2.75, 3.05) is 30.8 Å². The number of anilines is 2. The Hall–Kier alpha value is -3.35. The molecule has 136 valence electrons. The van der Waals surface area contributed by atoms with E-state index in [-0.39, 0.29) is 24.3 Å². The Kier molecular flexibility index (Phi) is 6.73. The first kappa shape index (κ1) is 19.0. The molecule has 7 heteroatoms. The molecule has 0 aliphatic carbocycles. The molecular weight excluding hydrogens is 332 g/mol. The predicted octanol–water partition coefficient (Wildman–Crippen LogP) is 1.85. The monoisotopic (exact) mass is 354 g/mol. The second kappa shape index (κ2) is 9.22. The van der Waals surface area contributed by atoms with Crippen molar-refractivity contribution in [2.45, 2.75) is 6.92 Å². The minimum absolute atomic E-state index is 0.0811. The summed E-state index contributed by atoms with van der Waals surface area (Å²) in [7, 11) is 1.56. The lowest BCUT2D eigenvalue weighted by molar-refractivity contribution is -0.114. The van der Waals surface area contributed by atoms with E-state index < -0.39 is 0 Å². The summed E-state index contributed by atoms with van der Waals surface area (Å²) in [6.07, 6.45) is 0. The number of hydrogen-bond donors (Lipinski definition) is 4. The fraction of sp³-hybridized carbons (Fsp3) is 0.211. The Bertz CT molecular complexity index is 770. The summed E-state index contributed by atoms with van der Waals surface area (Å²) in [5.74, 6) is -0.525. The molecule has 0 saturated heterocycles. The van der Waals surface area contributed by atoms with Gasteiger partial charge < -0.3 is 21.3 Å². The molecule has 4 N–H and O–H groups in total. The molecule has 0 fully saturated rings. The molecule has 2 aromatic rings. The SMILES string of the molecule is CCNC(=O)c1ccc(NCC(=O)Nc2ccc(C(=O)NC)cc2)cc1. The number of rotatable bonds is 7. The highest BCUT2D eigenvalue weighted by Crippen LogP contribution is 2.11. The quantitative estimate of drug-likeness (QED) is 0.610. The topological polar surface area (TPSA) is 99.3 Å². The van der Waals surface area contributed by atoms with Crippen LogP contribution in [-0.2, 0) is 4.79 Å². The first-order valence-electron chi connectivity index (χ1n) is 8.27. The molecule has 0 unspecified atom stereocenters. The summed E-state index contributed by atoms with van der Waals surface area (Å²) in [5, 5.41) is 11.0. The number of amides is 3. The summed E-state index contributed by atoms with van der Waals surface area (Å²) in [6, 6.07) is 13.5. The molecule has 0 saturated carbocycles. The highest BCUT2D eigenvalue weighted by molar-refractivity contribution is 5.97. The third-order valence-electron chi connectivity index (χ3n) is 3.60. The van der Waals surface area contributed by atoms with E-state index >= 15 is 0 Å². The van der Waals surface area contributed by atoms with E-state index in [0.717, 1.165) is 5.69 Å². The molecule has 0 radical (unpaired) electrons. The Morgan fingerprint density at radius 1 is 0.808 bits per heavy atom. The second-order valence-corrected chi connectivity index (χ2v) is 5.50. The van der Waals surface area contributed by atoms with Crippen LogP contribution in [0.3, 0.4) is 0 Å². The largest absolute Gasteiger partial charge is 0.376 e.